The van der Waals surface area contributed by atoms with E-state index >= 15 is 0 Å². The molecule has 0 bridgehead atoms. The summed E-state index contributed by atoms with van der Waals surface area (Å²) in [4.78, 5) is 0. The van der Waals surface area contributed by atoms with Crippen LogP contribution in [-0.2, 0) is 9.47 Å². The zero-order valence-corrected chi connectivity index (χ0v) is 10.5. The molecule has 1 aliphatic rings. The van der Waals surface area contributed by atoms with Gasteiger partial charge < -0.3 is 9.47 Å². The van der Waals surface area contributed by atoms with Crippen LogP contribution in [0.25, 0.3) is 0 Å². The van der Waals surface area contributed by atoms with E-state index in [1.807, 2.05) is 0 Å². The minimum Gasteiger partial charge on any atom is -0.382 e. The van der Waals surface area contributed by atoms with Gasteiger partial charge in [-0.05, 0) is 30.6 Å². The van der Waals surface area contributed by atoms with Crippen molar-refractivity contribution >= 4 is 0 Å². The molecular weight excluding hydrogens is 188 g/mol. The minimum atomic E-state index is 0.720. The fourth-order valence-corrected chi connectivity index (χ4v) is 2.42. The van der Waals surface area contributed by atoms with E-state index < -0.39 is 0 Å². The standard InChI is InChI=1S/C13H26O2/c1-11-4-5-13(10-12(11)2)6-7-15-9-8-14-3/h11-13H,4-10H2,1-3H3/t11-,12?,13?/m1/s1. The van der Waals surface area contributed by atoms with Crippen LogP contribution in [0, 0.1) is 17.8 Å². The molecule has 0 aromatic heterocycles. The first-order chi connectivity index (χ1) is 7.24. The van der Waals surface area contributed by atoms with Crippen LogP contribution in [0.2, 0.25) is 0 Å². The van der Waals surface area contributed by atoms with E-state index in [9.17, 15) is 0 Å². The Kier molecular flexibility index (Phi) is 6.26. The highest BCUT2D eigenvalue weighted by Gasteiger charge is 2.23. The van der Waals surface area contributed by atoms with Gasteiger partial charge in [0.1, 0.15) is 0 Å². The zero-order valence-electron chi connectivity index (χ0n) is 10.5. The highest BCUT2D eigenvalue weighted by atomic mass is 16.5. The van der Waals surface area contributed by atoms with E-state index in [-0.39, 0.29) is 0 Å². The maximum absolute atomic E-state index is 5.51. The maximum atomic E-state index is 5.51. The lowest BCUT2D eigenvalue weighted by Crippen LogP contribution is -2.21. The lowest BCUT2D eigenvalue weighted by Gasteiger charge is -2.32. The fourth-order valence-electron chi connectivity index (χ4n) is 2.42. The summed E-state index contributed by atoms with van der Waals surface area (Å²) >= 11 is 0. The van der Waals surface area contributed by atoms with Gasteiger partial charge in [0.15, 0.2) is 0 Å². The summed E-state index contributed by atoms with van der Waals surface area (Å²) in [7, 11) is 1.72. The maximum Gasteiger partial charge on any atom is 0.0700 e. The first-order valence-corrected chi connectivity index (χ1v) is 6.30. The van der Waals surface area contributed by atoms with E-state index in [0.717, 1.165) is 37.6 Å². The number of ether oxygens (including phenoxy) is 2. The minimum absolute atomic E-state index is 0.720. The van der Waals surface area contributed by atoms with Crippen molar-refractivity contribution in [3.05, 3.63) is 0 Å². The van der Waals surface area contributed by atoms with E-state index in [2.05, 4.69) is 13.8 Å². The van der Waals surface area contributed by atoms with Gasteiger partial charge in [-0.15, -0.1) is 0 Å². The summed E-state index contributed by atoms with van der Waals surface area (Å²) in [6, 6.07) is 0. The van der Waals surface area contributed by atoms with Crippen LogP contribution in [0.4, 0.5) is 0 Å². The van der Waals surface area contributed by atoms with Crippen LogP contribution in [-0.4, -0.2) is 26.9 Å². The summed E-state index contributed by atoms with van der Waals surface area (Å²) in [5.41, 5.74) is 0. The molecule has 15 heavy (non-hydrogen) atoms. The Morgan fingerprint density at radius 2 is 1.80 bits per heavy atom. The quantitative estimate of drug-likeness (QED) is 0.632. The van der Waals surface area contributed by atoms with Crippen LogP contribution in [0.3, 0.4) is 0 Å². The molecule has 2 heteroatoms. The van der Waals surface area contributed by atoms with Crippen molar-refractivity contribution in [2.45, 2.75) is 39.5 Å². The third kappa shape index (κ3) is 4.98. The molecule has 0 aliphatic heterocycles. The molecule has 0 amide bonds. The molecule has 0 aromatic carbocycles. The lowest BCUT2D eigenvalue weighted by atomic mass is 9.75. The Balaban J connectivity index is 2.02. The molecule has 2 nitrogen and oxygen atoms in total. The normalized spacial score (nSPS) is 31.8. The highest BCUT2D eigenvalue weighted by Crippen LogP contribution is 2.34. The van der Waals surface area contributed by atoms with E-state index in [1.54, 1.807) is 7.11 Å². The van der Waals surface area contributed by atoms with Crippen molar-refractivity contribution in [3.63, 3.8) is 0 Å². The van der Waals surface area contributed by atoms with Crippen LogP contribution in [0.15, 0.2) is 0 Å². The Labute approximate surface area is 94.3 Å². The van der Waals surface area contributed by atoms with Crippen molar-refractivity contribution in [2.24, 2.45) is 17.8 Å². The molecule has 0 N–H and O–H groups in total. The van der Waals surface area contributed by atoms with Crippen molar-refractivity contribution in [2.75, 3.05) is 26.9 Å². The summed E-state index contributed by atoms with van der Waals surface area (Å²) in [5.74, 6) is 2.73. The summed E-state index contributed by atoms with van der Waals surface area (Å²) in [6.45, 7) is 7.15. The zero-order chi connectivity index (χ0) is 11.1. The number of methoxy groups -OCH3 is 1. The monoisotopic (exact) mass is 214 g/mol. The smallest absolute Gasteiger partial charge is 0.0700 e. The topological polar surface area (TPSA) is 18.5 Å². The largest absolute Gasteiger partial charge is 0.382 e. The van der Waals surface area contributed by atoms with E-state index in [0.29, 0.717) is 0 Å². The first kappa shape index (κ1) is 13.0. The molecule has 1 saturated carbocycles. The number of hydrogen-bond acceptors (Lipinski definition) is 2. The molecule has 0 aromatic rings. The molecule has 0 spiro atoms. The number of hydrogen-bond donors (Lipinski definition) is 0. The van der Waals surface area contributed by atoms with Gasteiger partial charge in [0.25, 0.3) is 0 Å². The number of rotatable bonds is 6. The predicted octanol–water partition coefficient (Wildman–Crippen LogP) is 3.11. The molecule has 0 saturated heterocycles. The average molecular weight is 214 g/mol. The molecule has 0 radical (unpaired) electrons. The molecule has 2 unspecified atom stereocenters. The molecule has 3 atom stereocenters. The van der Waals surface area contributed by atoms with Gasteiger partial charge in [-0.3, -0.25) is 0 Å². The second-order valence-corrected chi connectivity index (χ2v) is 5.03. The van der Waals surface area contributed by atoms with Crippen molar-refractivity contribution in [3.8, 4) is 0 Å². The third-order valence-electron chi connectivity index (χ3n) is 3.81. The van der Waals surface area contributed by atoms with Crippen LogP contribution in [0.1, 0.15) is 39.5 Å². The first-order valence-electron chi connectivity index (χ1n) is 6.30. The molecule has 1 fully saturated rings. The Morgan fingerprint density at radius 3 is 2.47 bits per heavy atom. The van der Waals surface area contributed by atoms with Gasteiger partial charge in [0, 0.05) is 13.7 Å². The van der Waals surface area contributed by atoms with Crippen LogP contribution >= 0.6 is 0 Å². The lowest BCUT2D eigenvalue weighted by molar-refractivity contribution is 0.0569. The van der Waals surface area contributed by atoms with Gasteiger partial charge in [0.05, 0.1) is 13.2 Å². The SMILES string of the molecule is COCCOCCC1CC[C@@H](C)C(C)C1. The van der Waals surface area contributed by atoms with Gasteiger partial charge in [-0.2, -0.15) is 0 Å². The fraction of sp³-hybridized carbons (Fsp3) is 1.00. The van der Waals surface area contributed by atoms with Crippen LogP contribution < -0.4 is 0 Å². The second-order valence-electron chi connectivity index (χ2n) is 5.03. The summed E-state index contributed by atoms with van der Waals surface area (Å²) in [5, 5.41) is 0. The van der Waals surface area contributed by atoms with Crippen molar-refractivity contribution in [1.29, 1.82) is 0 Å². The van der Waals surface area contributed by atoms with E-state index in [1.165, 1.54) is 25.7 Å². The van der Waals surface area contributed by atoms with Crippen molar-refractivity contribution < 1.29 is 9.47 Å². The average Bonchev–Trinajstić information content (AvgIpc) is 2.23. The molecule has 1 aliphatic carbocycles. The highest BCUT2D eigenvalue weighted by molar-refractivity contribution is 4.75. The second kappa shape index (κ2) is 7.24. The Hall–Kier alpha value is -0.0800. The van der Waals surface area contributed by atoms with E-state index in [4.69, 9.17) is 9.47 Å². The van der Waals surface area contributed by atoms with Gasteiger partial charge in [-0.25, -0.2) is 0 Å². The summed E-state index contributed by atoms with van der Waals surface area (Å²) in [6.07, 6.45) is 5.44. The van der Waals surface area contributed by atoms with Crippen molar-refractivity contribution in [1.82, 2.24) is 0 Å². The van der Waals surface area contributed by atoms with Gasteiger partial charge >= 0.3 is 0 Å². The van der Waals surface area contributed by atoms with Gasteiger partial charge in [0.2, 0.25) is 0 Å². The predicted molar refractivity (Wildman–Crippen MR) is 63.0 cm³/mol. The Bertz CT molecular complexity index is 159. The molecule has 90 valence electrons. The third-order valence-corrected chi connectivity index (χ3v) is 3.81. The molecular formula is C13H26O2. The Morgan fingerprint density at radius 1 is 1.00 bits per heavy atom. The summed E-state index contributed by atoms with van der Waals surface area (Å²) < 4.78 is 10.5. The van der Waals surface area contributed by atoms with Crippen LogP contribution in [0.5, 0.6) is 0 Å². The molecule has 0 heterocycles. The van der Waals surface area contributed by atoms with Gasteiger partial charge in [-0.1, -0.05) is 26.7 Å². The molecule has 1 rings (SSSR count).